The largest absolute Gasteiger partial charge is 0.497 e. The fraction of sp³-hybridized carbons (Fsp3) is 0.259. The highest BCUT2D eigenvalue weighted by atomic mass is 16.5. The van der Waals surface area contributed by atoms with Crippen LogP contribution in [0.25, 0.3) is 0 Å². The van der Waals surface area contributed by atoms with E-state index in [1.165, 1.54) is 0 Å². The Bertz CT molecular complexity index is 1090. The number of nitrogens with one attached hydrogen (secondary N) is 1. The maximum absolute atomic E-state index is 13.1. The highest BCUT2D eigenvalue weighted by Gasteiger charge is 2.26. The second-order valence-electron chi connectivity index (χ2n) is 8.13. The monoisotopic (exact) mass is 443 g/mol. The number of anilines is 2. The molecule has 3 aromatic carbocycles. The lowest BCUT2D eigenvalue weighted by Crippen LogP contribution is -2.52. The Hall–Kier alpha value is -3.64. The Morgan fingerprint density at radius 1 is 0.848 bits per heavy atom. The molecule has 1 N–H and O–H groups in total. The van der Waals surface area contributed by atoms with Crippen molar-refractivity contribution in [3.63, 3.8) is 0 Å². The molecule has 1 atom stereocenters. The highest BCUT2D eigenvalue weighted by Crippen LogP contribution is 2.22. The van der Waals surface area contributed by atoms with Gasteiger partial charge in [0.05, 0.1) is 18.8 Å². The van der Waals surface area contributed by atoms with Gasteiger partial charge < -0.3 is 15.0 Å². The molecule has 0 spiro atoms. The zero-order valence-corrected chi connectivity index (χ0v) is 19.0. The van der Waals surface area contributed by atoms with E-state index in [0.29, 0.717) is 16.8 Å². The van der Waals surface area contributed by atoms with Crippen molar-refractivity contribution in [3.8, 4) is 5.75 Å². The second kappa shape index (κ2) is 10.3. The van der Waals surface area contributed by atoms with Gasteiger partial charge >= 0.3 is 0 Å². The smallest absolute Gasteiger partial charge is 0.241 e. The van der Waals surface area contributed by atoms with Gasteiger partial charge in [-0.3, -0.25) is 14.5 Å². The van der Waals surface area contributed by atoms with Crippen molar-refractivity contribution in [1.29, 1.82) is 0 Å². The van der Waals surface area contributed by atoms with E-state index in [1.807, 2.05) is 49.4 Å². The van der Waals surface area contributed by atoms with Crippen molar-refractivity contribution < 1.29 is 14.3 Å². The lowest BCUT2D eigenvalue weighted by molar-refractivity contribution is -0.120. The molecule has 0 bridgehead atoms. The Labute approximate surface area is 194 Å². The highest BCUT2D eigenvalue weighted by molar-refractivity contribution is 6.14. The summed E-state index contributed by atoms with van der Waals surface area (Å²) >= 11 is 0. The molecular weight excluding hydrogens is 414 g/mol. The van der Waals surface area contributed by atoms with Crippen LogP contribution in [0.4, 0.5) is 11.4 Å². The molecule has 33 heavy (non-hydrogen) atoms. The Balaban J connectivity index is 1.38. The van der Waals surface area contributed by atoms with Crippen LogP contribution in [0.5, 0.6) is 5.75 Å². The number of ether oxygens (including phenoxy) is 1. The molecule has 0 saturated carbocycles. The summed E-state index contributed by atoms with van der Waals surface area (Å²) in [7, 11) is 1.66. The molecule has 1 unspecified atom stereocenters. The number of benzene rings is 3. The average molecular weight is 444 g/mol. The summed E-state index contributed by atoms with van der Waals surface area (Å²) in [5, 5.41) is 2.98. The number of hydrogen-bond acceptors (Lipinski definition) is 5. The standard InChI is InChI=1S/C27H29N3O3/c1-20(29-16-18-30(19-17-29)22-12-14-23(33-2)15-13-22)27(32)28-25-11-7-6-10-24(25)26(31)21-8-4-3-5-9-21/h3-15,20H,16-19H2,1-2H3,(H,28,32). The third-order valence-electron chi connectivity index (χ3n) is 6.14. The van der Waals surface area contributed by atoms with E-state index in [4.69, 9.17) is 4.74 Å². The number of hydrogen-bond donors (Lipinski definition) is 1. The summed E-state index contributed by atoms with van der Waals surface area (Å²) in [4.78, 5) is 30.5. The van der Waals surface area contributed by atoms with Crippen molar-refractivity contribution in [2.75, 3.05) is 43.5 Å². The van der Waals surface area contributed by atoms with Gasteiger partial charge in [0.25, 0.3) is 0 Å². The molecule has 0 aliphatic carbocycles. The number of nitrogens with zero attached hydrogens (tertiary/aromatic N) is 2. The summed E-state index contributed by atoms with van der Waals surface area (Å²) in [5.41, 5.74) is 2.79. The third kappa shape index (κ3) is 5.23. The molecule has 3 aromatic rings. The number of ketones is 1. The number of rotatable bonds is 7. The normalized spacial score (nSPS) is 15.0. The third-order valence-corrected chi connectivity index (χ3v) is 6.14. The number of carbonyl (C=O) groups excluding carboxylic acids is 2. The van der Waals surface area contributed by atoms with Gasteiger partial charge in [-0.1, -0.05) is 42.5 Å². The molecule has 6 heteroatoms. The van der Waals surface area contributed by atoms with Crippen molar-refractivity contribution in [2.24, 2.45) is 0 Å². The maximum atomic E-state index is 13.1. The van der Waals surface area contributed by atoms with Crippen molar-refractivity contribution in [2.45, 2.75) is 13.0 Å². The van der Waals surface area contributed by atoms with Gasteiger partial charge in [0.1, 0.15) is 5.75 Å². The Morgan fingerprint density at radius 2 is 1.48 bits per heavy atom. The molecule has 1 aliphatic rings. The lowest BCUT2D eigenvalue weighted by Gasteiger charge is -2.38. The molecule has 0 radical (unpaired) electrons. The molecule has 6 nitrogen and oxygen atoms in total. The summed E-state index contributed by atoms with van der Waals surface area (Å²) in [5.74, 6) is 0.627. The van der Waals surface area contributed by atoms with E-state index in [2.05, 4.69) is 27.2 Å². The van der Waals surface area contributed by atoms with E-state index in [0.717, 1.165) is 37.6 Å². The number of carbonyl (C=O) groups is 2. The van der Waals surface area contributed by atoms with Crippen LogP contribution in [0.1, 0.15) is 22.8 Å². The van der Waals surface area contributed by atoms with Crippen LogP contribution >= 0.6 is 0 Å². The predicted octanol–water partition coefficient (Wildman–Crippen LogP) is 4.08. The fourth-order valence-corrected chi connectivity index (χ4v) is 4.10. The van der Waals surface area contributed by atoms with Crippen LogP contribution < -0.4 is 15.0 Å². The number of methoxy groups -OCH3 is 1. The maximum Gasteiger partial charge on any atom is 0.241 e. The average Bonchev–Trinajstić information content (AvgIpc) is 2.89. The van der Waals surface area contributed by atoms with Crippen molar-refractivity contribution >= 4 is 23.1 Å². The fourth-order valence-electron chi connectivity index (χ4n) is 4.10. The first-order valence-corrected chi connectivity index (χ1v) is 11.2. The van der Waals surface area contributed by atoms with Gasteiger partial charge in [-0.15, -0.1) is 0 Å². The van der Waals surface area contributed by atoms with Gasteiger partial charge in [-0.05, 0) is 43.3 Å². The minimum Gasteiger partial charge on any atom is -0.497 e. The van der Waals surface area contributed by atoms with Gasteiger partial charge in [0, 0.05) is 43.0 Å². The second-order valence-corrected chi connectivity index (χ2v) is 8.13. The number of para-hydroxylation sites is 1. The summed E-state index contributed by atoms with van der Waals surface area (Å²) in [6.07, 6.45) is 0. The van der Waals surface area contributed by atoms with Gasteiger partial charge in [0.2, 0.25) is 5.91 Å². The van der Waals surface area contributed by atoms with Crippen LogP contribution in [-0.2, 0) is 4.79 Å². The Morgan fingerprint density at radius 3 is 2.15 bits per heavy atom. The predicted molar refractivity (Wildman–Crippen MR) is 131 cm³/mol. The van der Waals surface area contributed by atoms with Crippen LogP contribution in [0, 0.1) is 0 Å². The first-order chi connectivity index (χ1) is 16.1. The minimum absolute atomic E-state index is 0.104. The molecule has 4 rings (SSSR count). The molecule has 0 aromatic heterocycles. The molecule has 1 saturated heterocycles. The molecule has 1 fully saturated rings. The number of amides is 1. The van der Waals surface area contributed by atoms with Gasteiger partial charge in [-0.25, -0.2) is 0 Å². The minimum atomic E-state index is -0.303. The van der Waals surface area contributed by atoms with E-state index in [-0.39, 0.29) is 17.7 Å². The first kappa shape index (κ1) is 22.6. The van der Waals surface area contributed by atoms with Crippen molar-refractivity contribution in [3.05, 3.63) is 90.0 Å². The van der Waals surface area contributed by atoms with Crippen molar-refractivity contribution in [1.82, 2.24) is 4.90 Å². The molecule has 170 valence electrons. The van der Waals surface area contributed by atoms with Crippen LogP contribution in [0.15, 0.2) is 78.9 Å². The lowest BCUT2D eigenvalue weighted by atomic mass is 10.0. The topological polar surface area (TPSA) is 61.9 Å². The van der Waals surface area contributed by atoms with Crippen LogP contribution in [-0.4, -0.2) is 55.9 Å². The zero-order valence-electron chi connectivity index (χ0n) is 19.0. The molecule has 1 aliphatic heterocycles. The number of piperazine rings is 1. The summed E-state index contributed by atoms with van der Waals surface area (Å²) in [6, 6.07) is 24.0. The molecular formula is C27H29N3O3. The Kier molecular flexibility index (Phi) is 7.05. The summed E-state index contributed by atoms with van der Waals surface area (Å²) < 4.78 is 5.24. The first-order valence-electron chi connectivity index (χ1n) is 11.2. The van der Waals surface area contributed by atoms with Gasteiger partial charge in [-0.2, -0.15) is 0 Å². The quantitative estimate of drug-likeness (QED) is 0.558. The van der Waals surface area contributed by atoms with E-state index >= 15 is 0 Å². The van der Waals surface area contributed by atoms with Gasteiger partial charge in [0.15, 0.2) is 5.78 Å². The molecule has 1 heterocycles. The van der Waals surface area contributed by atoms with E-state index in [1.54, 1.807) is 31.4 Å². The van der Waals surface area contributed by atoms with Crippen LogP contribution in [0.2, 0.25) is 0 Å². The van der Waals surface area contributed by atoms with E-state index in [9.17, 15) is 9.59 Å². The van der Waals surface area contributed by atoms with Crippen LogP contribution in [0.3, 0.4) is 0 Å². The van der Waals surface area contributed by atoms with E-state index < -0.39 is 0 Å². The summed E-state index contributed by atoms with van der Waals surface area (Å²) in [6.45, 7) is 5.16. The SMILES string of the molecule is COc1ccc(N2CCN(C(C)C(=O)Nc3ccccc3C(=O)c3ccccc3)CC2)cc1. The molecule has 1 amide bonds. The zero-order chi connectivity index (χ0) is 23.2.